The highest BCUT2D eigenvalue weighted by molar-refractivity contribution is 7.13. The van der Waals surface area contributed by atoms with Gasteiger partial charge in [-0.1, -0.05) is 0 Å². The monoisotopic (exact) mass is 1040 g/mol. The number of aryl methyl sites for hydroxylation is 3. The lowest BCUT2D eigenvalue weighted by atomic mass is 9.92. The Morgan fingerprint density at radius 3 is 1.24 bits per heavy atom. The molecule has 376 valence electrons. The SMILES string of the molecule is Cc1cc(NC2CCC(F)(F)CC2)nc(-c2nc(C(F)F)cs2)n1.Cc1cc(NC2CCC(F)(F)CC2)nc(-c2nc(C=O)cs2)n1.Cc1cc(NC2CCC(F)(F)CC2)nc(-c2nc(CO)cs2)n1. The zero-order valence-corrected chi connectivity index (χ0v) is 40.6. The second kappa shape index (κ2) is 22.8. The molecule has 25 heteroatoms. The number of aromatic nitrogens is 9. The Morgan fingerprint density at radius 1 is 0.557 bits per heavy atom. The molecule has 0 radical (unpaired) electrons. The fourth-order valence-corrected chi connectivity index (χ4v) is 9.99. The van der Waals surface area contributed by atoms with Crippen molar-refractivity contribution in [1.82, 2.24) is 44.9 Å². The number of rotatable bonds is 12. The minimum absolute atomic E-state index is 0.000993. The lowest BCUT2D eigenvalue weighted by Crippen LogP contribution is -2.32. The average Bonchev–Trinajstić information content (AvgIpc) is 4.11. The van der Waals surface area contributed by atoms with E-state index < -0.39 is 24.2 Å². The van der Waals surface area contributed by atoms with Crippen molar-refractivity contribution in [1.29, 1.82) is 0 Å². The van der Waals surface area contributed by atoms with Gasteiger partial charge in [0.15, 0.2) is 38.8 Å². The normalized spacial score (nSPS) is 18.0. The van der Waals surface area contributed by atoms with Crippen LogP contribution in [0.2, 0.25) is 0 Å². The van der Waals surface area contributed by atoms with Crippen molar-refractivity contribution in [2.75, 3.05) is 16.0 Å². The van der Waals surface area contributed by atoms with Gasteiger partial charge in [0, 0.05) is 108 Å². The number of hydrogen-bond acceptors (Lipinski definition) is 17. The maximum atomic E-state index is 13.2. The van der Waals surface area contributed by atoms with Crippen LogP contribution in [-0.4, -0.2) is 92.1 Å². The van der Waals surface area contributed by atoms with Crippen molar-refractivity contribution in [2.45, 2.75) is 147 Å². The summed E-state index contributed by atoms with van der Waals surface area (Å²) in [6.07, 6.45) is -0.230. The summed E-state index contributed by atoms with van der Waals surface area (Å²) in [4.78, 5) is 49.0. The molecule has 0 aliphatic heterocycles. The number of aliphatic hydroxyl groups excluding tert-OH is 1. The molecule has 0 aromatic carbocycles. The number of carbonyl (C=O) groups is 1. The van der Waals surface area contributed by atoms with Crippen molar-refractivity contribution in [3.8, 4) is 32.5 Å². The molecule has 0 bridgehead atoms. The summed E-state index contributed by atoms with van der Waals surface area (Å²) < 4.78 is 105. The number of aliphatic hydroxyl groups is 1. The van der Waals surface area contributed by atoms with Crippen LogP contribution in [0.15, 0.2) is 34.3 Å². The van der Waals surface area contributed by atoms with Crippen LogP contribution in [0, 0.1) is 20.8 Å². The average molecular weight is 1040 g/mol. The van der Waals surface area contributed by atoms with Gasteiger partial charge in [0.05, 0.1) is 12.3 Å². The molecular weight excluding hydrogens is 989 g/mol. The van der Waals surface area contributed by atoms with Crippen LogP contribution in [0.4, 0.5) is 52.6 Å². The third kappa shape index (κ3) is 15.1. The molecule has 0 spiro atoms. The zero-order valence-electron chi connectivity index (χ0n) is 38.2. The molecule has 3 fully saturated rings. The minimum atomic E-state index is -2.64. The van der Waals surface area contributed by atoms with Crippen molar-refractivity contribution >= 4 is 57.8 Å². The Hall–Kier alpha value is -5.40. The van der Waals surface area contributed by atoms with E-state index in [-0.39, 0.29) is 74.8 Å². The highest BCUT2D eigenvalue weighted by atomic mass is 32.1. The summed E-state index contributed by atoms with van der Waals surface area (Å²) in [5.41, 5.74) is 2.81. The van der Waals surface area contributed by atoms with E-state index in [4.69, 9.17) is 5.11 Å². The molecule has 0 amide bonds. The number of nitrogens with one attached hydrogen (secondary N) is 3. The first-order valence-corrected chi connectivity index (χ1v) is 25.1. The molecule has 6 aromatic rings. The predicted molar refractivity (Wildman–Crippen MR) is 252 cm³/mol. The Bertz CT molecular complexity index is 2670. The molecule has 6 aromatic heterocycles. The molecule has 3 aliphatic rings. The first-order valence-electron chi connectivity index (χ1n) is 22.4. The zero-order chi connectivity index (χ0) is 50.2. The van der Waals surface area contributed by atoms with Crippen molar-refractivity contribution in [3.05, 3.63) is 68.5 Å². The smallest absolute Gasteiger partial charge is 0.281 e. The molecule has 0 unspecified atom stereocenters. The van der Waals surface area contributed by atoms with E-state index in [1.807, 2.05) is 13.8 Å². The Morgan fingerprint density at radius 2 is 0.914 bits per heavy atom. The van der Waals surface area contributed by atoms with Gasteiger partial charge < -0.3 is 21.1 Å². The summed E-state index contributed by atoms with van der Waals surface area (Å²) in [6.45, 7) is 5.32. The predicted octanol–water partition coefficient (Wildman–Crippen LogP) is 11.9. The van der Waals surface area contributed by atoms with E-state index in [1.54, 1.807) is 35.9 Å². The van der Waals surface area contributed by atoms with Gasteiger partial charge in [-0.05, 0) is 59.3 Å². The number of carbonyl (C=O) groups excluding carboxylic acids is 1. The summed E-state index contributed by atoms with van der Waals surface area (Å²) >= 11 is 3.71. The summed E-state index contributed by atoms with van der Waals surface area (Å²) in [6, 6.07) is 5.19. The van der Waals surface area contributed by atoms with Gasteiger partial charge in [-0.2, -0.15) is 0 Å². The van der Waals surface area contributed by atoms with Crippen LogP contribution in [-0.2, 0) is 6.61 Å². The number of nitrogens with zero attached hydrogens (tertiary/aromatic N) is 9. The standard InChI is InChI=1S/C15H16F4N4S.C15H18F2N4OS.C15H16F2N4OS/c1-8-6-11(21-9-2-4-15(18,19)5-3-9)23-13(20-8)14-22-10(7-24-14)12(16)17;2*1-9-6-12(19-10-2-4-15(16,17)5-3-10)21-13(18-9)14-20-11(7-22)8-23-14/h6-7,9,12H,2-5H2,1H3,(H,20,21,23);6,8,10,22H,2-5,7H2,1H3,(H,18,19,21);6-8,10H,2-5H2,1H3,(H,18,19,21). The second-order valence-electron chi connectivity index (χ2n) is 17.4. The first kappa shape index (κ1) is 52.4. The van der Waals surface area contributed by atoms with E-state index in [1.165, 1.54) is 28.1 Å². The summed E-state index contributed by atoms with van der Waals surface area (Å²) in [5.74, 6) is -4.75. The van der Waals surface area contributed by atoms with Gasteiger partial charge in [0.25, 0.3) is 6.43 Å². The van der Waals surface area contributed by atoms with Gasteiger partial charge in [-0.25, -0.2) is 80.0 Å². The van der Waals surface area contributed by atoms with Crippen LogP contribution in [0.25, 0.3) is 32.5 Å². The topological polar surface area (TPSA) is 189 Å². The number of anilines is 3. The van der Waals surface area contributed by atoms with Gasteiger partial charge in [0.2, 0.25) is 17.8 Å². The van der Waals surface area contributed by atoms with Gasteiger partial charge in [-0.3, -0.25) is 4.79 Å². The third-order valence-electron chi connectivity index (χ3n) is 11.4. The van der Waals surface area contributed by atoms with Crippen LogP contribution >= 0.6 is 34.0 Å². The molecule has 70 heavy (non-hydrogen) atoms. The number of thiazole rings is 3. The van der Waals surface area contributed by atoms with Crippen molar-refractivity contribution in [2.24, 2.45) is 0 Å². The largest absolute Gasteiger partial charge is 0.390 e. The van der Waals surface area contributed by atoms with Crippen LogP contribution < -0.4 is 16.0 Å². The molecule has 9 rings (SSSR count). The molecule has 4 N–H and O–H groups in total. The number of hydrogen-bond donors (Lipinski definition) is 4. The Labute approximate surface area is 409 Å². The van der Waals surface area contributed by atoms with Crippen LogP contribution in [0.1, 0.15) is 122 Å². The van der Waals surface area contributed by atoms with Crippen LogP contribution in [0.3, 0.4) is 0 Å². The second-order valence-corrected chi connectivity index (χ2v) is 19.9. The lowest BCUT2D eigenvalue weighted by molar-refractivity contribution is -0.0366. The minimum Gasteiger partial charge on any atom is -0.390 e. The molecule has 0 saturated heterocycles. The molecule has 14 nitrogen and oxygen atoms in total. The number of halogens is 8. The van der Waals surface area contributed by atoms with Crippen LogP contribution in [0.5, 0.6) is 0 Å². The van der Waals surface area contributed by atoms with E-state index in [2.05, 4.69) is 60.8 Å². The van der Waals surface area contributed by atoms with Gasteiger partial charge >= 0.3 is 0 Å². The Kier molecular flexibility index (Phi) is 17.1. The van der Waals surface area contributed by atoms with Crippen molar-refractivity contribution in [3.63, 3.8) is 0 Å². The van der Waals surface area contributed by atoms with E-state index in [9.17, 15) is 39.9 Å². The van der Waals surface area contributed by atoms with E-state index in [0.29, 0.717) is 106 Å². The summed E-state index contributed by atoms with van der Waals surface area (Å²) in [7, 11) is 0. The van der Waals surface area contributed by atoms with Gasteiger partial charge in [0.1, 0.15) is 28.8 Å². The number of alkyl halides is 8. The van der Waals surface area contributed by atoms with Gasteiger partial charge in [-0.15, -0.1) is 34.0 Å². The first-order chi connectivity index (χ1) is 33.2. The van der Waals surface area contributed by atoms with E-state index in [0.717, 1.165) is 22.7 Å². The fourth-order valence-electron chi connectivity index (χ4n) is 7.81. The highest BCUT2D eigenvalue weighted by Gasteiger charge is 2.37. The van der Waals surface area contributed by atoms with Crippen molar-refractivity contribution < 1.29 is 45.0 Å². The maximum absolute atomic E-state index is 13.2. The molecule has 3 aliphatic carbocycles. The maximum Gasteiger partial charge on any atom is 0.281 e. The third-order valence-corrected chi connectivity index (χ3v) is 14.0. The lowest BCUT2D eigenvalue weighted by Gasteiger charge is -2.29. The summed E-state index contributed by atoms with van der Waals surface area (Å²) in [5, 5.41) is 24.9. The Balaban J connectivity index is 0.000000155. The number of aldehydes is 1. The highest BCUT2D eigenvalue weighted by Crippen LogP contribution is 2.37. The molecule has 6 heterocycles. The quantitative estimate of drug-likeness (QED) is 0.0669. The molecular formula is C45H50F8N12O2S3. The van der Waals surface area contributed by atoms with E-state index >= 15 is 0 Å². The molecule has 0 atom stereocenters. The molecule has 3 saturated carbocycles. The fraction of sp³-hybridized carbons (Fsp3) is 0.511.